The third-order valence-electron chi connectivity index (χ3n) is 2.62. The number of aliphatic hydroxyl groups excluding tert-OH is 1. The fraction of sp³-hybridized carbons (Fsp3) is 0.571. The van der Waals surface area contributed by atoms with E-state index < -0.39 is 0 Å². The Morgan fingerprint density at radius 1 is 1.18 bits per heavy atom. The lowest BCUT2D eigenvalue weighted by molar-refractivity contribution is 0.112. The maximum Gasteiger partial charge on any atom is 0.0639 e. The topological polar surface area (TPSA) is 23.5 Å². The number of rotatable bonds is 7. The molecule has 0 bridgehead atoms. The molecule has 2 nitrogen and oxygen atoms in total. The van der Waals surface area contributed by atoms with Crippen LogP contribution >= 0.6 is 11.8 Å². The minimum Gasteiger partial charge on any atom is -0.392 e. The maximum atomic E-state index is 9.44. The molecule has 1 aromatic rings. The number of benzene rings is 1. The van der Waals surface area contributed by atoms with E-state index in [2.05, 4.69) is 43.0 Å². The lowest BCUT2D eigenvalue weighted by atomic mass is 10.3. The summed E-state index contributed by atoms with van der Waals surface area (Å²) in [5.74, 6) is 1.06. The van der Waals surface area contributed by atoms with Crippen LogP contribution in [0.4, 0.5) is 0 Å². The van der Waals surface area contributed by atoms with E-state index >= 15 is 0 Å². The van der Waals surface area contributed by atoms with Crippen LogP contribution in [-0.4, -0.2) is 41.0 Å². The van der Waals surface area contributed by atoms with Gasteiger partial charge in [-0.3, -0.25) is 4.90 Å². The number of hydrogen-bond donors (Lipinski definition) is 1. The number of thioether (sulfide) groups is 1. The maximum absolute atomic E-state index is 9.44. The van der Waals surface area contributed by atoms with Crippen LogP contribution in [0.5, 0.6) is 0 Å². The Morgan fingerprint density at radius 3 is 2.35 bits per heavy atom. The van der Waals surface area contributed by atoms with Crippen molar-refractivity contribution in [3.63, 3.8) is 0 Å². The van der Waals surface area contributed by atoms with E-state index in [-0.39, 0.29) is 6.10 Å². The predicted octanol–water partition coefficient (Wildman–Crippen LogP) is 2.87. The van der Waals surface area contributed by atoms with Crippen LogP contribution in [0.1, 0.15) is 20.8 Å². The van der Waals surface area contributed by atoms with Crippen LogP contribution in [-0.2, 0) is 0 Å². The summed E-state index contributed by atoms with van der Waals surface area (Å²) in [5, 5.41) is 9.44. The molecular formula is C14H23NOS. The molecule has 1 atom stereocenters. The zero-order chi connectivity index (χ0) is 12.7. The summed E-state index contributed by atoms with van der Waals surface area (Å²) < 4.78 is 0. The molecule has 0 saturated heterocycles. The highest BCUT2D eigenvalue weighted by Crippen LogP contribution is 2.17. The van der Waals surface area contributed by atoms with E-state index in [4.69, 9.17) is 0 Å². The minimum absolute atomic E-state index is 0.251. The van der Waals surface area contributed by atoms with Crippen molar-refractivity contribution in [2.24, 2.45) is 0 Å². The van der Waals surface area contributed by atoms with E-state index in [0.717, 1.165) is 18.8 Å². The summed E-state index contributed by atoms with van der Waals surface area (Å²) >= 11 is 1.87. The normalized spacial score (nSPS) is 13.3. The molecule has 3 heteroatoms. The Bertz CT molecular complexity index is 300. The zero-order valence-electron chi connectivity index (χ0n) is 11.0. The third-order valence-corrected chi connectivity index (χ3v) is 3.61. The quantitative estimate of drug-likeness (QED) is 0.756. The average molecular weight is 253 g/mol. The van der Waals surface area contributed by atoms with Crippen LogP contribution in [0.15, 0.2) is 35.2 Å². The summed E-state index contributed by atoms with van der Waals surface area (Å²) in [6, 6.07) is 10.9. The fourth-order valence-electron chi connectivity index (χ4n) is 1.70. The van der Waals surface area contributed by atoms with Crippen LogP contribution < -0.4 is 0 Å². The third kappa shape index (κ3) is 6.10. The molecular weight excluding hydrogens is 230 g/mol. The van der Waals surface area contributed by atoms with Crippen molar-refractivity contribution >= 4 is 11.8 Å². The van der Waals surface area contributed by atoms with E-state index in [1.165, 1.54) is 4.90 Å². The van der Waals surface area contributed by atoms with Gasteiger partial charge in [0.15, 0.2) is 0 Å². The van der Waals surface area contributed by atoms with Gasteiger partial charge in [0, 0.05) is 29.8 Å². The van der Waals surface area contributed by atoms with Crippen LogP contribution in [0.25, 0.3) is 0 Å². The molecule has 0 aliphatic rings. The smallest absolute Gasteiger partial charge is 0.0639 e. The van der Waals surface area contributed by atoms with Gasteiger partial charge in [0.2, 0.25) is 0 Å². The second-order valence-electron chi connectivity index (χ2n) is 4.60. The molecule has 1 N–H and O–H groups in total. The summed E-state index contributed by atoms with van der Waals surface area (Å²) in [5.41, 5.74) is 0. The molecule has 0 aliphatic carbocycles. The van der Waals surface area contributed by atoms with E-state index in [1.54, 1.807) is 0 Å². The summed E-state index contributed by atoms with van der Waals surface area (Å²) in [6.07, 6.45) is -0.251. The summed E-state index contributed by atoms with van der Waals surface area (Å²) in [7, 11) is 0. The molecule has 1 unspecified atom stereocenters. The van der Waals surface area contributed by atoms with Gasteiger partial charge in [0.1, 0.15) is 0 Å². The SMILES string of the molecule is CC(O)CN(CCSc1ccccc1)C(C)C. The molecule has 1 rings (SSSR count). The predicted molar refractivity (Wildman–Crippen MR) is 75.6 cm³/mol. The first-order valence-corrected chi connectivity index (χ1v) is 7.18. The molecule has 0 fully saturated rings. The highest BCUT2D eigenvalue weighted by molar-refractivity contribution is 7.99. The second kappa shape index (κ2) is 7.75. The van der Waals surface area contributed by atoms with E-state index in [1.807, 2.05) is 24.8 Å². The standard InChI is InChI=1S/C14H23NOS/c1-12(2)15(11-13(3)16)9-10-17-14-7-5-4-6-8-14/h4-8,12-13,16H,9-11H2,1-3H3. The van der Waals surface area contributed by atoms with Gasteiger partial charge >= 0.3 is 0 Å². The van der Waals surface area contributed by atoms with Gasteiger partial charge < -0.3 is 5.11 Å². The molecule has 17 heavy (non-hydrogen) atoms. The number of nitrogens with zero attached hydrogens (tertiary/aromatic N) is 1. The molecule has 0 radical (unpaired) electrons. The second-order valence-corrected chi connectivity index (χ2v) is 5.77. The van der Waals surface area contributed by atoms with Gasteiger partial charge in [-0.2, -0.15) is 0 Å². The fourth-order valence-corrected chi connectivity index (χ4v) is 2.61. The highest BCUT2D eigenvalue weighted by atomic mass is 32.2. The molecule has 1 aromatic carbocycles. The molecule has 0 aromatic heterocycles. The molecule has 0 amide bonds. The highest BCUT2D eigenvalue weighted by Gasteiger charge is 2.11. The first-order chi connectivity index (χ1) is 8.09. The van der Waals surface area contributed by atoms with Gasteiger partial charge in [-0.15, -0.1) is 11.8 Å². The average Bonchev–Trinajstić information content (AvgIpc) is 2.28. The van der Waals surface area contributed by atoms with Crippen LogP contribution in [0.3, 0.4) is 0 Å². The van der Waals surface area contributed by atoms with Crippen LogP contribution in [0.2, 0.25) is 0 Å². The Kier molecular flexibility index (Phi) is 6.63. The first-order valence-electron chi connectivity index (χ1n) is 6.19. The lowest BCUT2D eigenvalue weighted by Gasteiger charge is -2.27. The van der Waals surface area contributed by atoms with E-state index in [0.29, 0.717) is 6.04 Å². The Hall–Kier alpha value is -0.510. The van der Waals surface area contributed by atoms with Gasteiger partial charge in [0.25, 0.3) is 0 Å². The lowest BCUT2D eigenvalue weighted by Crippen LogP contribution is -2.38. The van der Waals surface area contributed by atoms with E-state index in [9.17, 15) is 5.11 Å². The van der Waals surface area contributed by atoms with Gasteiger partial charge in [-0.25, -0.2) is 0 Å². The van der Waals surface area contributed by atoms with Crippen molar-refractivity contribution in [1.82, 2.24) is 4.90 Å². The molecule has 0 heterocycles. The van der Waals surface area contributed by atoms with Crippen molar-refractivity contribution in [1.29, 1.82) is 0 Å². The van der Waals surface area contributed by atoms with Crippen molar-refractivity contribution < 1.29 is 5.11 Å². The Labute approximate surface area is 109 Å². The number of hydrogen-bond acceptors (Lipinski definition) is 3. The monoisotopic (exact) mass is 253 g/mol. The molecule has 0 spiro atoms. The Balaban J connectivity index is 2.32. The van der Waals surface area contributed by atoms with Gasteiger partial charge in [-0.05, 0) is 32.9 Å². The molecule has 96 valence electrons. The largest absolute Gasteiger partial charge is 0.392 e. The minimum atomic E-state index is -0.251. The first kappa shape index (κ1) is 14.6. The van der Waals surface area contributed by atoms with Crippen molar-refractivity contribution in [2.75, 3.05) is 18.8 Å². The van der Waals surface area contributed by atoms with Gasteiger partial charge in [-0.1, -0.05) is 18.2 Å². The zero-order valence-corrected chi connectivity index (χ0v) is 11.8. The van der Waals surface area contributed by atoms with Gasteiger partial charge in [0.05, 0.1) is 6.10 Å². The van der Waals surface area contributed by atoms with Crippen LogP contribution in [0, 0.1) is 0 Å². The number of aliphatic hydroxyl groups is 1. The summed E-state index contributed by atoms with van der Waals surface area (Å²) in [4.78, 5) is 3.63. The van der Waals surface area contributed by atoms with Crippen molar-refractivity contribution in [3.05, 3.63) is 30.3 Å². The van der Waals surface area contributed by atoms with Crippen molar-refractivity contribution in [3.8, 4) is 0 Å². The summed E-state index contributed by atoms with van der Waals surface area (Å²) in [6.45, 7) is 7.97. The Morgan fingerprint density at radius 2 is 1.82 bits per heavy atom. The van der Waals surface area contributed by atoms with Crippen molar-refractivity contribution in [2.45, 2.75) is 37.8 Å². The molecule has 0 aliphatic heterocycles. The molecule has 0 saturated carbocycles.